The second-order valence-electron chi connectivity index (χ2n) is 4.62. The van der Waals surface area contributed by atoms with Crippen LogP contribution in [0.5, 0.6) is 0 Å². The average Bonchev–Trinajstić information content (AvgIpc) is 2.93. The van der Waals surface area contributed by atoms with E-state index in [-0.39, 0.29) is 6.04 Å². The zero-order chi connectivity index (χ0) is 14.2. The maximum absolute atomic E-state index is 4.18. The van der Waals surface area contributed by atoms with Gasteiger partial charge in [-0.25, -0.2) is 4.68 Å². The Kier molecular flexibility index (Phi) is 6.08. The highest BCUT2D eigenvalue weighted by atomic mass is 32.2. The normalized spacial score (nSPS) is 12.5. The summed E-state index contributed by atoms with van der Waals surface area (Å²) < 4.78 is 2.01. The van der Waals surface area contributed by atoms with Gasteiger partial charge in [-0.2, -0.15) is 0 Å². The number of benzene rings is 1. The molecule has 20 heavy (non-hydrogen) atoms. The first-order valence-corrected chi connectivity index (χ1v) is 8.13. The number of rotatable bonds is 8. The molecule has 0 saturated heterocycles. The second-order valence-corrected chi connectivity index (χ2v) is 5.71. The molecule has 0 aliphatic heterocycles. The summed E-state index contributed by atoms with van der Waals surface area (Å²) >= 11 is 1.86. The molecule has 0 spiro atoms. The van der Waals surface area contributed by atoms with Crippen LogP contribution in [0.2, 0.25) is 0 Å². The lowest BCUT2D eigenvalue weighted by atomic mass is 10.2. The summed E-state index contributed by atoms with van der Waals surface area (Å²) in [6.45, 7) is 6.16. The van der Waals surface area contributed by atoms with Crippen LogP contribution < -0.4 is 5.32 Å². The van der Waals surface area contributed by atoms with Gasteiger partial charge < -0.3 is 5.32 Å². The van der Waals surface area contributed by atoms with Gasteiger partial charge in [0, 0.05) is 17.2 Å². The molecule has 0 aliphatic rings. The van der Waals surface area contributed by atoms with Gasteiger partial charge in [0.15, 0.2) is 0 Å². The maximum Gasteiger partial charge on any atom is 0.0765 e. The van der Waals surface area contributed by atoms with Gasteiger partial charge in [0.25, 0.3) is 0 Å². The Bertz CT molecular complexity index is 498. The molecule has 1 atom stereocenters. The molecule has 108 valence electrons. The molecule has 2 aromatic rings. The first-order valence-electron chi connectivity index (χ1n) is 7.14. The van der Waals surface area contributed by atoms with Gasteiger partial charge in [-0.15, -0.1) is 16.9 Å². The second kappa shape index (κ2) is 8.07. The number of hydrogen-bond acceptors (Lipinski definition) is 4. The lowest BCUT2D eigenvalue weighted by Gasteiger charge is -2.18. The van der Waals surface area contributed by atoms with Crippen molar-refractivity contribution in [1.82, 2.24) is 20.3 Å². The van der Waals surface area contributed by atoms with Crippen LogP contribution in [0, 0.1) is 0 Å². The van der Waals surface area contributed by atoms with Crippen molar-refractivity contribution in [3.8, 4) is 0 Å². The Morgan fingerprint density at radius 3 is 2.75 bits per heavy atom. The number of aryl methyl sites for hydroxylation is 1. The van der Waals surface area contributed by atoms with E-state index in [1.165, 1.54) is 10.6 Å². The smallest absolute Gasteiger partial charge is 0.0765 e. The fourth-order valence-electron chi connectivity index (χ4n) is 2.11. The largest absolute Gasteiger partial charge is 0.308 e. The lowest BCUT2D eigenvalue weighted by Crippen LogP contribution is -2.25. The molecule has 0 saturated carbocycles. The molecule has 0 aliphatic carbocycles. The average molecular weight is 290 g/mol. The van der Waals surface area contributed by atoms with Crippen LogP contribution in [0.15, 0.2) is 41.4 Å². The first kappa shape index (κ1) is 15.1. The van der Waals surface area contributed by atoms with Crippen LogP contribution in [0.3, 0.4) is 0 Å². The van der Waals surface area contributed by atoms with Gasteiger partial charge in [-0.3, -0.25) is 0 Å². The Balaban J connectivity index is 2.04. The van der Waals surface area contributed by atoms with Gasteiger partial charge in [-0.1, -0.05) is 37.3 Å². The first-order chi connectivity index (χ1) is 9.85. The summed E-state index contributed by atoms with van der Waals surface area (Å²) in [6.07, 6.45) is 2.95. The standard InChI is InChI=1S/C15H22N4S/c1-3-10-19-15(11-17-18-19)14(16-4-2)12-20-13-8-6-5-7-9-13/h5-9,11,14,16H,3-4,10,12H2,1-2H3. The number of hydrogen-bond donors (Lipinski definition) is 1. The SMILES string of the molecule is CCCn1nncc1C(CSc1ccccc1)NCC. The summed E-state index contributed by atoms with van der Waals surface area (Å²) in [7, 11) is 0. The molecule has 1 aromatic carbocycles. The van der Waals surface area contributed by atoms with E-state index in [1.54, 1.807) is 0 Å². The highest BCUT2D eigenvalue weighted by molar-refractivity contribution is 7.99. The summed E-state index contributed by atoms with van der Waals surface area (Å²) in [5.41, 5.74) is 1.18. The molecule has 1 unspecified atom stereocenters. The van der Waals surface area contributed by atoms with Crippen molar-refractivity contribution < 1.29 is 0 Å². The van der Waals surface area contributed by atoms with Crippen molar-refractivity contribution in [1.29, 1.82) is 0 Å². The molecule has 0 bridgehead atoms. The van der Waals surface area contributed by atoms with E-state index in [1.807, 2.05) is 28.7 Å². The zero-order valence-electron chi connectivity index (χ0n) is 12.1. The fraction of sp³-hybridized carbons (Fsp3) is 0.467. The predicted octanol–water partition coefficient (Wildman–Crippen LogP) is 3.13. The Morgan fingerprint density at radius 1 is 1.25 bits per heavy atom. The molecule has 1 aromatic heterocycles. The van der Waals surface area contributed by atoms with Crippen LogP contribution in [0.1, 0.15) is 32.0 Å². The number of thioether (sulfide) groups is 1. The van der Waals surface area contributed by atoms with E-state index in [0.29, 0.717) is 0 Å². The van der Waals surface area contributed by atoms with Crippen LogP contribution in [0.25, 0.3) is 0 Å². The number of aromatic nitrogens is 3. The van der Waals surface area contributed by atoms with Crippen molar-refractivity contribution in [2.45, 2.75) is 37.8 Å². The van der Waals surface area contributed by atoms with E-state index < -0.39 is 0 Å². The molecule has 1 heterocycles. The number of nitrogens with zero attached hydrogens (tertiary/aromatic N) is 3. The predicted molar refractivity (Wildman–Crippen MR) is 83.9 cm³/mol. The third-order valence-corrected chi connectivity index (χ3v) is 4.16. The van der Waals surface area contributed by atoms with E-state index in [2.05, 4.69) is 53.7 Å². The van der Waals surface area contributed by atoms with Crippen LogP contribution in [-0.4, -0.2) is 27.3 Å². The van der Waals surface area contributed by atoms with Crippen molar-refractivity contribution >= 4 is 11.8 Å². The highest BCUT2D eigenvalue weighted by Gasteiger charge is 2.16. The molecule has 2 rings (SSSR count). The molecule has 5 heteroatoms. The molecular weight excluding hydrogens is 268 g/mol. The molecule has 4 nitrogen and oxygen atoms in total. The quantitative estimate of drug-likeness (QED) is 0.759. The lowest BCUT2D eigenvalue weighted by molar-refractivity contribution is 0.501. The van der Waals surface area contributed by atoms with Crippen molar-refractivity contribution in [2.24, 2.45) is 0 Å². The highest BCUT2D eigenvalue weighted by Crippen LogP contribution is 2.24. The third-order valence-electron chi connectivity index (χ3n) is 3.05. The molecule has 0 amide bonds. The minimum Gasteiger partial charge on any atom is -0.308 e. The maximum atomic E-state index is 4.18. The Labute approximate surface area is 125 Å². The minimum atomic E-state index is 0.284. The van der Waals surface area contributed by atoms with Crippen LogP contribution >= 0.6 is 11.8 Å². The number of nitrogens with one attached hydrogen (secondary N) is 1. The van der Waals surface area contributed by atoms with E-state index in [4.69, 9.17) is 0 Å². The topological polar surface area (TPSA) is 42.7 Å². The summed E-state index contributed by atoms with van der Waals surface area (Å²) in [5, 5.41) is 11.8. The monoisotopic (exact) mass is 290 g/mol. The summed E-state index contributed by atoms with van der Waals surface area (Å²) in [5.74, 6) is 0.981. The molecule has 0 fully saturated rings. The van der Waals surface area contributed by atoms with Gasteiger partial charge >= 0.3 is 0 Å². The summed E-state index contributed by atoms with van der Waals surface area (Å²) in [4.78, 5) is 1.30. The van der Waals surface area contributed by atoms with Crippen LogP contribution in [-0.2, 0) is 6.54 Å². The Hall–Kier alpha value is -1.33. The van der Waals surface area contributed by atoms with Gasteiger partial charge in [0.1, 0.15) is 0 Å². The third kappa shape index (κ3) is 4.08. The van der Waals surface area contributed by atoms with Gasteiger partial charge in [0.05, 0.1) is 17.9 Å². The van der Waals surface area contributed by atoms with Gasteiger partial charge in [-0.05, 0) is 25.1 Å². The van der Waals surface area contributed by atoms with Crippen molar-refractivity contribution in [2.75, 3.05) is 12.3 Å². The van der Waals surface area contributed by atoms with Crippen LogP contribution in [0.4, 0.5) is 0 Å². The van der Waals surface area contributed by atoms with Gasteiger partial charge in [0.2, 0.25) is 0 Å². The molecule has 0 radical (unpaired) electrons. The summed E-state index contributed by atoms with van der Waals surface area (Å²) in [6, 6.07) is 10.8. The van der Waals surface area contributed by atoms with E-state index in [9.17, 15) is 0 Å². The molecule has 1 N–H and O–H groups in total. The molecular formula is C15H22N4S. The Morgan fingerprint density at radius 2 is 2.05 bits per heavy atom. The minimum absolute atomic E-state index is 0.284. The van der Waals surface area contributed by atoms with E-state index in [0.717, 1.165) is 25.3 Å². The van der Waals surface area contributed by atoms with Crippen molar-refractivity contribution in [3.63, 3.8) is 0 Å². The fourth-order valence-corrected chi connectivity index (χ4v) is 3.11. The van der Waals surface area contributed by atoms with Crippen molar-refractivity contribution in [3.05, 3.63) is 42.2 Å². The zero-order valence-corrected chi connectivity index (χ0v) is 12.9. The van der Waals surface area contributed by atoms with E-state index >= 15 is 0 Å².